The van der Waals surface area contributed by atoms with Gasteiger partial charge in [0.2, 0.25) is 0 Å². The van der Waals surface area contributed by atoms with Gasteiger partial charge in [0.1, 0.15) is 5.69 Å². The molecule has 0 bridgehead atoms. The molecule has 2 aliphatic heterocycles. The number of halogens is 1. The number of hydrogen-bond donors (Lipinski definition) is 1. The fourth-order valence-corrected chi connectivity index (χ4v) is 4.08. The zero-order valence-corrected chi connectivity index (χ0v) is 16.8. The third-order valence-electron chi connectivity index (χ3n) is 5.80. The molecule has 0 radical (unpaired) electrons. The highest BCUT2D eigenvalue weighted by Gasteiger charge is 2.33. The Labute approximate surface area is 166 Å². The maximum atomic E-state index is 12.9. The summed E-state index contributed by atoms with van der Waals surface area (Å²) in [6.07, 6.45) is 2.95. The van der Waals surface area contributed by atoms with Crippen molar-refractivity contribution in [3.05, 3.63) is 33.9 Å². The van der Waals surface area contributed by atoms with E-state index in [9.17, 15) is 14.9 Å². The molecule has 8 heteroatoms. The summed E-state index contributed by atoms with van der Waals surface area (Å²) in [5.41, 5.74) is 6.76. The summed E-state index contributed by atoms with van der Waals surface area (Å²) in [5.74, 6) is 0.812. The van der Waals surface area contributed by atoms with Crippen LogP contribution in [0.3, 0.4) is 0 Å². The van der Waals surface area contributed by atoms with Gasteiger partial charge in [0.15, 0.2) is 0 Å². The van der Waals surface area contributed by atoms with Crippen molar-refractivity contribution < 1.29 is 9.72 Å². The van der Waals surface area contributed by atoms with Gasteiger partial charge >= 0.3 is 0 Å². The molecule has 2 unspecified atom stereocenters. The van der Waals surface area contributed by atoms with Crippen LogP contribution in [0.15, 0.2) is 18.2 Å². The van der Waals surface area contributed by atoms with E-state index >= 15 is 0 Å². The Bertz CT molecular complexity index is 692. The van der Waals surface area contributed by atoms with Crippen molar-refractivity contribution in [2.24, 2.45) is 17.6 Å². The van der Waals surface area contributed by atoms with E-state index in [0.717, 1.165) is 32.4 Å². The van der Waals surface area contributed by atoms with Crippen LogP contribution < -0.4 is 10.6 Å². The highest BCUT2D eigenvalue weighted by atomic mass is 35.5. The number of carbonyl (C=O) groups excluding carboxylic acids is 1. The number of piperidine rings is 1. The maximum Gasteiger partial charge on any atom is 0.293 e. The summed E-state index contributed by atoms with van der Waals surface area (Å²) < 4.78 is 0. The van der Waals surface area contributed by atoms with E-state index in [0.29, 0.717) is 36.2 Å². The SMILES string of the molecule is CC1CCN(c2ccc(C(=O)N3CC(CN)CC3C)cc2[N+](=O)[O-])CC1.Cl. The third-order valence-corrected chi connectivity index (χ3v) is 5.80. The maximum absolute atomic E-state index is 12.9. The van der Waals surface area contributed by atoms with Crippen molar-refractivity contribution in [3.63, 3.8) is 0 Å². The van der Waals surface area contributed by atoms with Crippen molar-refractivity contribution in [2.75, 3.05) is 31.1 Å². The van der Waals surface area contributed by atoms with Crippen LogP contribution in [-0.2, 0) is 0 Å². The third kappa shape index (κ3) is 4.52. The van der Waals surface area contributed by atoms with Crippen LogP contribution in [0.2, 0.25) is 0 Å². The molecule has 3 rings (SSSR count). The first-order valence-corrected chi connectivity index (χ1v) is 9.45. The molecule has 1 aromatic rings. The van der Waals surface area contributed by atoms with E-state index in [1.54, 1.807) is 17.0 Å². The molecular weight excluding hydrogens is 368 g/mol. The Morgan fingerprint density at radius 1 is 1.30 bits per heavy atom. The number of carbonyl (C=O) groups is 1. The predicted octanol–water partition coefficient (Wildman–Crippen LogP) is 3.06. The Balaban J connectivity index is 0.00000261. The second-order valence-corrected chi connectivity index (χ2v) is 7.77. The summed E-state index contributed by atoms with van der Waals surface area (Å²) in [6.45, 7) is 7.02. The van der Waals surface area contributed by atoms with Crippen molar-refractivity contribution in [3.8, 4) is 0 Å². The number of amides is 1. The van der Waals surface area contributed by atoms with Crippen LogP contribution in [0.4, 0.5) is 11.4 Å². The first-order chi connectivity index (χ1) is 12.4. The zero-order valence-electron chi connectivity index (χ0n) is 16.0. The lowest BCUT2D eigenvalue weighted by molar-refractivity contribution is -0.384. The summed E-state index contributed by atoms with van der Waals surface area (Å²) in [6, 6.07) is 5.02. The second-order valence-electron chi connectivity index (χ2n) is 7.77. The molecule has 2 fully saturated rings. The second kappa shape index (κ2) is 8.89. The van der Waals surface area contributed by atoms with Crippen LogP contribution in [0.25, 0.3) is 0 Å². The fraction of sp³-hybridized carbons (Fsp3) is 0.632. The van der Waals surface area contributed by atoms with E-state index in [1.807, 2.05) is 6.92 Å². The van der Waals surface area contributed by atoms with Crippen molar-refractivity contribution in [2.45, 2.75) is 39.2 Å². The number of nitro groups is 1. The van der Waals surface area contributed by atoms with Gasteiger partial charge in [-0.05, 0) is 56.7 Å². The highest BCUT2D eigenvalue weighted by molar-refractivity contribution is 5.96. The molecule has 0 saturated carbocycles. The van der Waals surface area contributed by atoms with Crippen LogP contribution in [0.1, 0.15) is 43.5 Å². The first kappa shape index (κ1) is 21.4. The van der Waals surface area contributed by atoms with E-state index in [-0.39, 0.29) is 35.0 Å². The topological polar surface area (TPSA) is 92.7 Å². The molecule has 150 valence electrons. The van der Waals surface area contributed by atoms with Gasteiger partial charge in [-0.15, -0.1) is 12.4 Å². The van der Waals surface area contributed by atoms with Gasteiger partial charge < -0.3 is 15.5 Å². The van der Waals surface area contributed by atoms with Crippen molar-refractivity contribution in [1.82, 2.24) is 4.90 Å². The van der Waals surface area contributed by atoms with Crippen LogP contribution >= 0.6 is 12.4 Å². The minimum atomic E-state index is -0.375. The van der Waals surface area contributed by atoms with Crippen LogP contribution in [0, 0.1) is 22.0 Å². The monoisotopic (exact) mass is 396 g/mol. The average Bonchev–Trinajstić information content (AvgIpc) is 3.02. The quantitative estimate of drug-likeness (QED) is 0.623. The predicted molar refractivity (Wildman–Crippen MR) is 109 cm³/mol. The summed E-state index contributed by atoms with van der Waals surface area (Å²) >= 11 is 0. The average molecular weight is 397 g/mol. The number of likely N-dealkylation sites (tertiary alicyclic amines) is 1. The van der Waals surface area contributed by atoms with Gasteiger partial charge in [0.05, 0.1) is 4.92 Å². The number of nitrogens with two attached hydrogens (primary N) is 1. The van der Waals surface area contributed by atoms with Gasteiger partial charge in [-0.2, -0.15) is 0 Å². The number of rotatable bonds is 4. The normalized spacial score (nSPS) is 23.2. The Hall–Kier alpha value is -1.86. The molecule has 2 saturated heterocycles. The zero-order chi connectivity index (χ0) is 18.8. The van der Waals surface area contributed by atoms with E-state index < -0.39 is 0 Å². The molecule has 1 amide bonds. The summed E-state index contributed by atoms with van der Waals surface area (Å²) in [7, 11) is 0. The highest BCUT2D eigenvalue weighted by Crippen LogP contribution is 2.33. The van der Waals surface area contributed by atoms with E-state index in [2.05, 4.69) is 11.8 Å². The molecule has 0 aliphatic carbocycles. The minimum Gasteiger partial charge on any atom is -0.366 e. The standard InChI is InChI=1S/C19H28N4O3.ClH/c1-13-5-7-21(8-6-13)17-4-3-16(10-18(17)23(25)26)19(24)22-12-15(11-20)9-14(22)2;/h3-4,10,13-15H,5-9,11-12,20H2,1-2H3;1H. The molecule has 2 N–H and O–H groups in total. The van der Waals surface area contributed by atoms with E-state index in [4.69, 9.17) is 5.73 Å². The molecule has 2 heterocycles. The minimum absolute atomic E-state index is 0. The lowest BCUT2D eigenvalue weighted by atomic mass is 9.98. The van der Waals surface area contributed by atoms with Crippen molar-refractivity contribution >= 4 is 29.7 Å². The van der Waals surface area contributed by atoms with Gasteiger partial charge in [-0.1, -0.05) is 6.92 Å². The number of benzene rings is 1. The summed E-state index contributed by atoms with van der Waals surface area (Å²) in [4.78, 5) is 28.0. The molecule has 0 spiro atoms. The Morgan fingerprint density at radius 3 is 2.52 bits per heavy atom. The number of nitrogens with zero attached hydrogens (tertiary/aromatic N) is 3. The van der Waals surface area contributed by atoms with E-state index in [1.165, 1.54) is 6.07 Å². The molecule has 2 atom stereocenters. The first-order valence-electron chi connectivity index (χ1n) is 9.45. The number of anilines is 1. The summed E-state index contributed by atoms with van der Waals surface area (Å²) in [5, 5.41) is 11.6. The van der Waals surface area contributed by atoms with Crippen LogP contribution in [-0.4, -0.2) is 48.0 Å². The van der Waals surface area contributed by atoms with Crippen molar-refractivity contribution in [1.29, 1.82) is 0 Å². The molecule has 27 heavy (non-hydrogen) atoms. The number of hydrogen-bond acceptors (Lipinski definition) is 5. The molecule has 2 aliphatic rings. The molecule has 1 aromatic carbocycles. The fourth-order valence-electron chi connectivity index (χ4n) is 4.08. The van der Waals surface area contributed by atoms with Gasteiger partial charge in [-0.25, -0.2) is 0 Å². The molecule has 7 nitrogen and oxygen atoms in total. The Kier molecular flexibility index (Phi) is 7.06. The van der Waals surface area contributed by atoms with Gasteiger partial charge in [0, 0.05) is 37.3 Å². The lowest BCUT2D eigenvalue weighted by Crippen LogP contribution is -2.35. The van der Waals surface area contributed by atoms with Crippen LogP contribution in [0.5, 0.6) is 0 Å². The molecular formula is C19H29ClN4O3. The smallest absolute Gasteiger partial charge is 0.293 e. The van der Waals surface area contributed by atoms with Gasteiger partial charge in [-0.3, -0.25) is 14.9 Å². The van der Waals surface area contributed by atoms with Gasteiger partial charge in [0.25, 0.3) is 11.6 Å². The number of nitro benzene ring substituents is 1. The lowest BCUT2D eigenvalue weighted by Gasteiger charge is -2.32. The molecule has 0 aromatic heterocycles. The Morgan fingerprint density at radius 2 is 1.96 bits per heavy atom. The largest absolute Gasteiger partial charge is 0.366 e.